The van der Waals surface area contributed by atoms with Crippen molar-refractivity contribution in [2.45, 2.75) is 31.4 Å². The molecule has 4 nitrogen and oxygen atoms in total. The van der Waals surface area contributed by atoms with Crippen LogP contribution in [0.3, 0.4) is 0 Å². The fraction of sp³-hybridized carbons (Fsp3) is 0.500. The zero-order valence-electron chi connectivity index (χ0n) is 10.4. The van der Waals surface area contributed by atoms with E-state index >= 15 is 0 Å². The second-order valence-electron chi connectivity index (χ2n) is 4.67. The number of aliphatic hydroxyl groups is 1. The molecule has 1 heterocycles. The van der Waals surface area contributed by atoms with E-state index in [1.54, 1.807) is 0 Å². The molecule has 0 bridgehead atoms. The third-order valence-corrected chi connectivity index (χ3v) is 3.28. The van der Waals surface area contributed by atoms with Crippen LogP contribution in [0.2, 0.25) is 0 Å². The first kappa shape index (κ1) is 13.1. The standard InChI is InChI=1S/C14H20N2O2/c17-13(11-6-2-1-3-7-11)10-16-12-8-4-5-9-15-14(12)18/h1-3,6-7,12-13,16-17H,4-5,8-10H2,(H,15,18)/t12-,13+/m1/s1. The summed E-state index contributed by atoms with van der Waals surface area (Å²) in [6.45, 7) is 1.17. The summed E-state index contributed by atoms with van der Waals surface area (Å²) in [4.78, 5) is 11.7. The molecule has 4 heteroatoms. The first-order valence-corrected chi connectivity index (χ1v) is 6.51. The maximum absolute atomic E-state index is 11.7. The fourth-order valence-corrected chi connectivity index (χ4v) is 2.18. The lowest BCUT2D eigenvalue weighted by Gasteiger charge is -2.18. The van der Waals surface area contributed by atoms with Gasteiger partial charge in [-0.15, -0.1) is 0 Å². The average Bonchev–Trinajstić information content (AvgIpc) is 2.62. The summed E-state index contributed by atoms with van der Waals surface area (Å²) in [6.07, 6.45) is 2.35. The van der Waals surface area contributed by atoms with E-state index in [-0.39, 0.29) is 11.9 Å². The van der Waals surface area contributed by atoms with Gasteiger partial charge in [0.2, 0.25) is 5.91 Å². The van der Waals surface area contributed by atoms with Crippen molar-refractivity contribution in [1.29, 1.82) is 0 Å². The van der Waals surface area contributed by atoms with Crippen LogP contribution < -0.4 is 10.6 Å². The Balaban J connectivity index is 1.85. The molecule has 1 aliphatic heterocycles. The van der Waals surface area contributed by atoms with Crippen LogP contribution in [-0.2, 0) is 4.79 Å². The number of benzene rings is 1. The number of hydrogen-bond donors (Lipinski definition) is 3. The molecular weight excluding hydrogens is 228 g/mol. The predicted octanol–water partition coefficient (Wildman–Crippen LogP) is 0.978. The van der Waals surface area contributed by atoms with Gasteiger partial charge in [-0.25, -0.2) is 0 Å². The summed E-state index contributed by atoms with van der Waals surface area (Å²) < 4.78 is 0. The zero-order valence-corrected chi connectivity index (χ0v) is 10.4. The van der Waals surface area contributed by atoms with E-state index in [0.717, 1.165) is 31.4 Å². The summed E-state index contributed by atoms with van der Waals surface area (Å²) in [5, 5.41) is 16.0. The van der Waals surface area contributed by atoms with Gasteiger partial charge in [-0.1, -0.05) is 30.3 Å². The summed E-state index contributed by atoms with van der Waals surface area (Å²) in [5.74, 6) is 0.0489. The van der Waals surface area contributed by atoms with Crippen molar-refractivity contribution in [3.8, 4) is 0 Å². The first-order chi connectivity index (χ1) is 8.77. The van der Waals surface area contributed by atoms with Gasteiger partial charge in [0, 0.05) is 13.1 Å². The van der Waals surface area contributed by atoms with Crippen molar-refractivity contribution in [3.05, 3.63) is 35.9 Å². The number of carbonyl (C=O) groups is 1. The van der Waals surface area contributed by atoms with E-state index in [9.17, 15) is 9.90 Å². The molecule has 2 atom stereocenters. The molecule has 1 amide bonds. The molecule has 0 spiro atoms. The van der Waals surface area contributed by atoms with Crippen LogP contribution in [0, 0.1) is 0 Å². The smallest absolute Gasteiger partial charge is 0.237 e. The highest BCUT2D eigenvalue weighted by Crippen LogP contribution is 2.12. The van der Waals surface area contributed by atoms with E-state index in [2.05, 4.69) is 10.6 Å². The minimum atomic E-state index is -0.567. The first-order valence-electron chi connectivity index (χ1n) is 6.51. The van der Waals surface area contributed by atoms with E-state index in [4.69, 9.17) is 0 Å². The van der Waals surface area contributed by atoms with Gasteiger partial charge >= 0.3 is 0 Å². The molecule has 0 aliphatic carbocycles. The molecule has 0 saturated carbocycles. The van der Waals surface area contributed by atoms with Gasteiger partial charge in [0.1, 0.15) is 0 Å². The van der Waals surface area contributed by atoms with Crippen LogP contribution in [0.25, 0.3) is 0 Å². The molecule has 1 aromatic rings. The Hall–Kier alpha value is -1.39. The Labute approximate surface area is 107 Å². The van der Waals surface area contributed by atoms with Crippen LogP contribution in [0.5, 0.6) is 0 Å². The van der Waals surface area contributed by atoms with Gasteiger partial charge in [-0.05, 0) is 24.8 Å². The number of aliphatic hydroxyl groups excluding tert-OH is 1. The summed E-state index contributed by atoms with van der Waals surface area (Å²) in [5.41, 5.74) is 0.874. The summed E-state index contributed by atoms with van der Waals surface area (Å²) in [6, 6.07) is 9.32. The van der Waals surface area contributed by atoms with E-state index in [0.29, 0.717) is 6.54 Å². The Morgan fingerprint density at radius 3 is 2.89 bits per heavy atom. The highest BCUT2D eigenvalue weighted by molar-refractivity contribution is 5.81. The SMILES string of the molecule is O=C1NCCCC[C@H]1NC[C@H](O)c1ccccc1. The van der Waals surface area contributed by atoms with Crippen molar-refractivity contribution in [3.63, 3.8) is 0 Å². The highest BCUT2D eigenvalue weighted by atomic mass is 16.3. The van der Waals surface area contributed by atoms with Crippen LogP contribution in [0.4, 0.5) is 0 Å². The zero-order chi connectivity index (χ0) is 12.8. The van der Waals surface area contributed by atoms with Crippen molar-refractivity contribution >= 4 is 5.91 Å². The van der Waals surface area contributed by atoms with Crippen molar-refractivity contribution < 1.29 is 9.90 Å². The lowest BCUT2D eigenvalue weighted by Crippen LogP contribution is -2.44. The molecule has 0 radical (unpaired) electrons. The molecule has 98 valence electrons. The largest absolute Gasteiger partial charge is 0.387 e. The van der Waals surface area contributed by atoms with E-state index in [1.807, 2.05) is 30.3 Å². The Morgan fingerprint density at radius 2 is 2.11 bits per heavy atom. The quantitative estimate of drug-likeness (QED) is 0.744. The third kappa shape index (κ3) is 3.55. The van der Waals surface area contributed by atoms with Gasteiger partial charge in [0.15, 0.2) is 0 Å². The molecule has 3 N–H and O–H groups in total. The monoisotopic (exact) mass is 248 g/mol. The topological polar surface area (TPSA) is 61.4 Å². The minimum absolute atomic E-state index is 0.0489. The van der Waals surface area contributed by atoms with Crippen LogP contribution >= 0.6 is 0 Å². The van der Waals surface area contributed by atoms with Crippen LogP contribution in [-0.4, -0.2) is 30.1 Å². The van der Waals surface area contributed by atoms with Gasteiger partial charge in [0.25, 0.3) is 0 Å². The van der Waals surface area contributed by atoms with Crippen molar-refractivity contribution in [1.82, 2.24) is 10.6 Å². The van der Waals surface area contributed by atoms with Gasteiger partial charge < -0.3 is 15.7 Å². The maximum atomic E-state index is 11.7. The van der Waals surface area contributed by atoms with Crippen LogP contribution in [0.1, 0.15) is 30.9 Å². The van der Waals surface area contributed by atoms with Gasteiger partial charge in [-0.3, -0.25) is 4.79 Å². The Morgan fingerprint density at radius 1 is 1.33 bits per heavy atom. The molecular formula is C14H20N2O2. The maximum Gasteiger partial charge on any atom is 0.237 e. The second-order valence-corrected chi connectivity index (χ2v) is 4.67. The molecule has 0 unspecified atom stereocenters. The molecule has 1 aromatic carbocycles. The number of hydrogen-bond acceptors (Lipinski definition) is 3. The van der Waals surface area contributed by atoms with Gasteiger partial charge in [0.05, 0.1) is 12.1 Å². The number of amides is 1. The lowest BCUT2D eigenvalue weighted by atomic mass is 10.1. The molecule has 1 fully saturated rings. The molecule has 2 rings (SSSR count). The van der Waals surface area contributed by atoms with Crippen molar-refractivity contribution in [2.24, 2.45) is 0 Å². The number of carbonyl (C=O) groups excluding carboxylic acids is 1. The Kier molecular flexibility index (Phi) is 4.73. The fourth-order valence-electron chi connectivity index (χ4n) is 2.18. The van der Waals surface area contributed by atoms with Crippen molar-refractivity contribution in [2.75, 3.05) is 13.1 Å². The Bertz CT molecular complexity index is 381. The third-order valence-electron chi connectivity index (χ3n) is 3.28. The average molecular weight is 248 g/mol. The molecule has 1 aliphatic rings. The number of nitrogens with one attached hydrogen (secondary N) is 2. The van der Waals surface area contributed by atoms with Crippen LogP contribution in [0.15, 0.2) is 30.3 Å². The van der Waals surface area contributed by atoms with E-state index in [1.165, 1.54) is 0 Å². The second kappa shape index (κ2) is 6.52. The summed E-state index contributed by atoms with van der Waals surface area (Å²) in [7, 11) is 0. The predicted molar refractivity (Wildman–Crippen MR) is 70.1 cm³/mol. The minimum Gasteiger partial charge on any atom is -0.387 e. The molecule has 18 heavy (non-hydrogen) atoms. The molecule has 0 aromatic heterocycles. The number of rotatable bonds is 4. The normalized spacial score (nSPS) is 22.1. The van der Waals surface area contributed by atoms with Gasteiger partial charge in [-0.2, -0.15) is 0 Å². The molecule has 1 saturated heterocycles. The van der Waals surface area contributed by atoms with E-state index < -0.39 is 6.10 Å². The highest BCUT2D eigenvalue weighted by Gasteiger charge is 2.20. The lowest BCUT2D eigenvalue weighted by molar-refractivity contribution is -0.122. The summed E-state index contributed by atoms with van der Waals surface area (Å²) >= 11 is 0.